The molecule has 1 N–H and O–H groups in total. The standard InChI is InChI=1S/C29H23ClN2O4S/c1-36-25-8-4-2-6-21(25)17-31-28(33)20-12-15-27-24(16-20)32(18-19-10-13-22(30)14-11-19)29(34)23-7-3-5-9-26(23)37(27)35/h2-16H,17-18H2,1H3,(H,31,33)/t37-/m0/s1. The second kappa shape index (κ2) is 10.6. The lowest BCUT2D eigenvalue weighted by atomic mass is 10.1. The fourth-order valence-electron chi connectivity index (χ4n) is 4.26. The van der Waals surface area contributed by atoms with Crippen LogP contribution in [-0.2, 0) is 23.9 Å². The molecular formula is C29H23ClN2O4S. The first-order valence-electron chi connectivity index (χ1n) is 11.6. The highest BCUT2D eigenvalue weighted by atomic mass is 35.5. The van der Waals surface area contributed by atoms with E-state index in [9.17, 15) is 13.8 Å². The minimum absolute atomic E-state index is 0.223. The number of benzene rings is 4. The van der Waals surface area contributed by atoms with Crippen LogP contribution in [0, 0.1) is 0 Å². The molecule has 1 heterocycles. The molecule has 37 heavy (non-hydrogen) atoms. The van der Waals surface area contributed by atoms with Crippen molar-refractivity contribution in [1.82, 2.24) is 5.32 Å². The van der Waals surface area contributed by atoms with Crippen molar-refractivity contribution >= 4 is 39.9 Å². The van der Waals surface area contributed by atoms with Gasteiger partial charge in [-0.05, 0) is 54.1 Å². The van der Waals surface area contributed by atoms with Crippen LogP contribution >= 0.6 is 11.6 Å². The first-order chi connectivity index (χ1) is 18.0. The summed E-state index contributed by atoms with van der Waals surface area (Å²) in [5.41, 5.74) is 2.84. The van der Waals surface area contributed by atoms with E-state index in [0.29, 0.717) is 37.4 Å². The van der Waals surface area contributed by atoms with Crippen LogP contribution in [0.4, 0.5) is 5.69 Å². The number of para-hydroxylation sites is 1. The molecule has 186 valence electrons. The van der Waals surface area contributed by atoms with Gasteiger partial charge in [0.15, 0.2) is 0 Å². The lowest BCUT2D eigenvalue weighted by molar-refractivity contribution is 0.0947. The number of methoxy groups -OCH3 is 1. The molecule has 2 amide bonds. The molecule has 1 aliphatic heterocycles. The molecule has 4 aromatic rings. The van der Waals surface area contributed by atoms with Gasteiger partial charge in [-0.1, -0.05) is 54.1 Å². The largest absolute Gasteiger partial charge is 0.496 e. The summed E-state index contributed by atoms with van der Waals surface area (Å²) >= 11 is 6.05. The molecule has 0 radical (unpaired) electrons. The van der Waals surface area contributed by atoms with Crippen molar-refractivity contribution in [2.45, 2.75) is 22.9 Å². The average Bonchev–Trinajstić information content (AvgIpc) is 3.02. The Kier molecular flexibility index (Phi) is 7.08. The Morgan fingerprint density at radius 2 is 1.68 bits per heavy atom. The first kappa shape index (κ1) is 24.7. The Morgan fingerprint density at radius 1 is 0.946 bits per heavy atom. The number of ether oxygens (including phenoxy) is 1. The maximum Gasteiger partial charge on any atom is 0.259 e. The molecule has 6 nitrogen and oxygen atoms in total. The number of nitrogens with one attached hydrogen (secondary N) is 1. The molecule has 0 fully saturated rings. The summed E-state index contributed by atoms with van der Waals surface area (Å²) in [6.07, 6.45) is 0. The average molecular weight is 531 g/mol. The van der Waals surface area contributed by atoms with E-state index >= 15 is 0 Å². The number of hydrogen-bond acceptors (Lipinski definition) is 4. The van der Waals surface area contributed by atoms with Gasteiger partial charge in [0.05, 0.1) is 45.5 Å². The van der Waals surface area contributed by atoms with Crippen molar-refractivity contribution < 1.29 is 18.5 Å². The van der Waals surface area contributed by atoms with Crippen molar-refractivity contribution in [3.63, 3.8) is 0 Å². The van der Waals surface area contributed by atoms with Gasteiger partial charge in [-0.15, -0.1) is 0 Å². The molecule has 0 unspecified atom stereocenters. The van der Waals surface area contributed by atoms with Crippen molar-refractivity contribution in [2.75, 3.05) is 12.0 Å². The zero-order valence-corrected chi connectivity index (χ0v) is 21.5. The van der Waals surface area contributed by atoms with Crippen molar-refractivity contribution in [2.24, 2.45) is 0 Å². The second-order valence-electron chi connectivity index (χ2n) is 8.46. The molecular weight excluding hydrogens is 508 g/mol. The predicted molar refractivity (Wildman–Crippen MR) is 144 cm³/mol. The fraction of sp³-hybridized carbons (Fsp3) is 0.103. The highest BCUT2D eigenvalue weighted by Gasteiger charge is 2.31. The van der Waals surface area contributed by atoms with E-state index in [1.165, 1.54) is 0 Å². The van der Waals surface area contributed by atoms with Gasteiger partial charge in [0.2, 0.25) is 0 Å². The molecule has 1 atom stereocenters. The van der Waals surface area contributed by atoms with Crippen molar-refractivity contribution in [3.8, 4) is 5.75 Å². The van der Waals surface area contributed by atoms with Crippen LogP contribution in [0.3, 0.4) is 0 Å². The molecule has 0 aromatic heterocycles. The summed E-state index contributed by atoms with van der Waals surface area (Å²) in [7, 11) is -0.0207. The number of carbonyl (C=O) groups excluding carboxylic acids is 2. The number of carbonyl (C=O) groups is 2. The predicted octanol–water partition coefficient (Wildman–Crippen LogP) is 5.61. The lowest BCUT2D eigenvalue weighted by Gasteiger charge is -2.23. The van der Waals surface area contributed by atoms with Gasteiger partial charge in [0, 0.05) is 22.7 Å². The number of nitrogens with zero attached hydrogens (tertiary/aromatic N) is 1. The number of rotatable bonds is 6. The highest BCUT2D eigenvalue weighted by molar-refractivity contribution is 7.85. The first-order valence-corrected chi connectivity index (χ1v) is 13.1. The molecule has 8 heteroatoms. The Hall–Kier alpha value is -3.94. The zero-order valence-electron chi connectivity index (χ0n) is 19.9. The molecule has 0 bridgehead atoms. The zero-order chi connectivity index (χ0) is 25.9. The second-order valence-corrected chi connectivity index (χ2v) is 10.3. The third kappa shape index (κ3) is 5.01. The van der Waals surface area contributed by atoms with E-state index < -0.39 is 10.8 Å². The highest BCUT2D eigenvalue weighted by Crippen LogP contribution is 2.36. The summed E-state index contributed by atoms with van der Waals surface area (Å²) in [6, 6.07) is 26.5. The molecule has 0 saturated carbocycles. The number of amides is 2. The fourth-order valence-corrected chi connectivity index (χ4v) is 5.73. The van der Waals surface area contributed by atoms with E-state index in [-0.39, 0.29) is 24.9 Å². The number of halogens is 1. The van der Waals surface area contributed by atoms with Crippen LogP contribution in [0.2, 0.25) is 5.02 Å². The monoisotopic (exact) mass is 530 g/mol. The van der Waals surface area contributed by atoms with Gasteiger partial charge in [0.25, 0.3) is 11.8 Å². The van der Waals surface area contributed by atoms with Crippen molar-refractivity contribution in [3.05, 3.63) is 118 Å². The maximum absolute atomic E-state index is 13.7. The maximum atomic E-state index is 13.7. The van der Waals surface area contributed by atoms with E-state index in [1.54, 1.807) is 66.6 Å². The van der Waals surface area contributed by atoms with Gasteiger partial charge >= 0.3 is 0 Å². The molecule has 0 saturated heterocycles. The number of hydrogen-bond donors (Lipinski definition) is 1. The summed E-state index contributed by atoms with van der Waals surface area (Å²) in [5, 5.41) is 3.50. The van der Waals surface area contributed by atoms with E-state index in [2.05, 4.69) is 5.32 Å². The third-order valence-corrected chi connectivity index (χ3v) is 7.91. The summed E-state index contributed by atoms with van der Waals surface area (Å²) in [4.78, 5) is 29.3. The SMILES string of the molecule is COc1ccccc1CNC(=O)c1ccc2c(c1)N(Cc1ccc(Cl)cc1)C(=O)c1ccccc1[S@@]2=O. The van der Waals surface area contributed by atoms with Crippen LogP contribution in [0.15, 0.2) is 101 Å². The summed E-state index contributed by atoms with van der Waals surface area (Å²) in [5.74, 6) is 0.0713. The Balaban J connectivity index is 1.52. The summed E-state index contributed by atoms with van der Waals surface area (Å²) < 4.78 is 18.9. The van der Waals surface area contributed by atoms with Gasteiger partial charge in [-0.2, -0.15) is 0 Å². The van der Waals surface area contributed by atoms with Crippen LogP contribution < -0.4 is 15.0 Å². The van der Waals surface area contributed by atoms with Gasteiger partial charge in [-0.3, -0.25) is 9.59 Å². The molecule has 0 spiro atoms. The summed E-state index contributed by atoms with van der Waals surface area (Å²) in [6.45, 7) is 0.492. The van der Waals surface area contributed by atoms with Crippen LogP contribution in [0.5, 0.6) is 5.75 Å². The minimum Gasteiger partial charge on any atom is -0.496 e. The van der Waals surface area contributed by atoms with E-state index in [0.717, 1.165) is 11.1 Å². The molecule has 1 aliphatic rings. The smallest absolute Gasteiger partial charge is 0.259 e. The van der Waals surface area contributed by atoms with E-state index in [4.69, 9.17) is 16.3 Å². The lowest BCUT2D eigenvalue weighted by Crippen LogP contribution is -2.31. The van der Waals surface area contributed by atoms with Gasteiger partial charge < -0.3 is 15.0 Å². The quantitative estimate of drug-likeness (QED) is 0.352. The Labute approximate surface area is 222 Å². The van der Waals surface area contributed by atoms with Gasteiger partial charge in [0.1, 0.15) is 5.75 Å². The van der Waals surface area contributed by atoms with Gasteiger partial charge in [-0.25, -0.2) is 4.21 Å². The number of fused-ring (bicyclic) bond motifs is 2. The Bertz CT molecular complexity index is 1520. The topological polar surface area (TPSA) is 75.7 Å². The molecule has 4 aromatic carbocycles. The van der Waals surface area contributed by atoms with Crippen LogP contribution in [-0.4, -0.2) is 23.1 Å². The van der Waals surface area contributed by atoms with Crippen LogP contribution in [0.25, 0.3) is 0 Å². The minimum atomic E-state index is -1.60. The Morgan fingerprint density at radius 3 is 2.46 bits per heavy atom. The molecule has 0 aliphatic carbocycles. The normalized spacial score (nSPS) is 14.4. The van der Waals surface area contributed by atoms with E-state index in [1.807, 2.05) is 36.4 Å². The van der Waals surface area contributed by atoms with Crippen molar-refractivity contribution in [1.29, 1.82) is 0 Å². The molecule has 5 rings (SSSR count). The van der Waals surface area contributed by atoms with Crippen LogP contribution in [0.1, 0.15) is 31.8 Å². The third-order valence-electron chi connectivity index (χ3n) is 6.16. The number of anilines is 1.